The van der Waals surface area contributed by atoms with E-state index >= 15 is 0 Å². The molecule has 0 saturated carbocycles. The van der Waals surface area contributed by atoms with Crippen molar-refractivity contribution < 1.29 is 9.90 Å². The Hall–Kier alpha value is -0.970. The number of carbonyl (C=O) groups is 1. The van der Waals surface area contributed by atoms with Crippen LogP contribution >= 0.6 is 23.2 Å². The van der Waals surface area contributed by atoms with Gasteiger partial charge in [0.1, 0.15) is 0 Å². The van der Waals surface area contributed by atoms with Gasteiger partial charge in [0, 0.05) is 13.2 Å². The lowest BCUT2D eigenvalue weighted by atomic mass is 10.1. The second-order valence-electron chi connectivity index (χ2n) is 3.87. The summed E-state index contributed by atoms with van der Waals surface area (Å²) in [6.07, 6.45) is 0.536. The lowest BCUT2D eigenvalue weighted by Gasteiger charge is -2.15. The van der Waals surface area contributed by atoms with Crippen LogP contribution in [0.3, 0.4) is 0 Å². The molecule has 18 heavy (non-hydrogen) atoms. The first-order valence-corrected chi connectivity index (χ1v) is 6.40. The van der Waals surface area contributed by atoms with Gasteiger partial charge in [-0.05, 0) is 31.0 Å². The zero-order chi connectivity index (χ0) is 13.5. The Labute approximate surface area is 116 Å². The second kappa shape index (κ2) is 7.46. The number of carbonyl (C=O) groups excluding carboxylic acids is 1. The third-order valence-corrected chi connectivity index (χ3v) is 3.15. The zero-order valence-corrected chi connectivity index (χ0v) is 11.6. The molecule has 3 N–H and O–H groups in total. The Balaban J connectivity index is 2.51. The summed E-state index contributed by atoms with van der Waals surface area (Å²) in [5.41, 5.74) is 0.877. The lowest BCUT2D eigenvalue weighted by Crippen LogP contribution is -2.37. The summed E-state index contributed by atoms with van der Waals surface area (Å²) in [6, 6.07) is 4.78. The van der Waals surface area contributed by atoms with Gasteiger partial charge in [0.05, 0.1) is 16.1 Å². The molecule has 0 radical (unpaired) electrons. The highest BCUT2D eigenvalue weighted by molar-refractivity contribution is 6.42. The number of aliphatic hydroxyl groups excluding tert-OH is 1. The van der Waals surface area contributed by atoms with Crippen molar-refractivity contribution in [1.82, 2.24) is 10.6 Å². The summed E-state index contributed by atoms with van der Waals surface area (Å²) in [5, 5.41) is 15.0. The Morgan fingerprint density at radius 3 is 2.72 bits per heavy atom. The maximum absolute atomic E-state index is 11.5. The third-order valence-electron chi connectivity index (χ3n) is 2.41. The molecule has 1 unspecified atom stereocenters. The fourth-order valence-electron chi connectivity index (χ4n) is 1.39. The summed E-state index contributed by atoms with van der Waals surface area (Å²) in [6.45, 7) is 2.35. The minimum atomic E-state index is -0.276. The van der Waals surface area contributed by atoms with Crippen LogP contribution in [-0.2, 0) is 0 Å². The maximum Gasteiger partial charge on any atom is 0.315 e. The second-order valence-corrected chi connectivity index (χ2v) is 4.69. The Morgan fingerprint density at radius 2 is 2.11 bits per heavy atom. The van der Waals surface area contributed by atoms with Gasteiger partial charge < -0.3 is 15.7 Å². The van der Waals surface area contributed by atoms with Crippen molar-refractivity contribution in [3.05, 3.63) is 33.8 Å². The van der Waals surface area contributed by atoms with E-state index in [-0.39, 0.29) is 18.7 Å². The molecule has 4 nitrogen and oxygen atoms in total. The SMILES string of the molecule is CC(NC(=O)NCCCO)c1ccc(Cl)c(Cl)c1. The predicted octanol–water partition coefficient (Wildman–Crippen LogP) is 2.74. The Bertz CT molecular complexity index is 413. The number of aliphatic hydroxyl groups is 1. The van der Waals surface area contributed by atoms with Crippen LogP contribution in [0.15, 0.2) is 18.2 Å². The van der Waals surface area contributed by atoms with Gasteiger partial charge in [0.25, 0.3) is 0 Å². The third kappa shape index (κ3) is 4.72. The Kier molecular flexibility index (Phi) is 6.25. The molecule has 1 aromatic rings. The number of rotatable bonds is 5. The van der Waals surface area contributed by atoms with Crippen LogP contribution in [0.25, 0.3) is 0 Å². The van der Waals surface area contributed by atoms with Gasteiger partial charge in [-0.25, -0.2) is 4.79 Å². The average Bonchev–Trinajstić information content (AvgIpc) is 2.33. The van der Waals surface area contributed by atoms with Crippen LogP contribution in [0.4, 0.5) is 4.79 Å². The molecule has 0 heterocycles. The molecule has 0 spiro atoms. The first-order chi connectivity index (χ1) is 8.54. The predicted molar refractivity (Wildman–Crippen MR) is 73.1 cm³/mol. The molecule has 6 heteroatoms. The summed E-state index contributed by atoms with van der Waals surface area (Å²) in [7, 11) is 0. The van der Waals surface area contributed by atoms with Crippen molar-refractivity contribution in [1.29, 1.82) is 0 Å². The van der Waals surface area contributed by atoms with Crippen LogP contribution in [0.5, 0.6) is 0 Å². The van der Waals surface area contributed by atoms with Crippen LogP contribution < -0.4 is 10.6 Å². The minimum Gasteiger partial charge on any atom is -0.396 e. The van der Waals surface area contributed by atoms with Crippen molar-refractivity contribution in [3.8, 4) is 0 Å². The highest BCUT2D eigenvalue weighted by Crippen LogP contribution is 2.25. The van der Waals surface area contributed by atoms with Gasteiger partial charge in [-0.3, -0.25) is 0 Å². The molecular formula is C12H16Cl2N2O2. The van der Waals surface area contributed by atoms with Crippen LogP contribution in [0.2, 0.25) is 10.0 Å². The first kappa shape index (κ1) is 15.1. The molecule has 1 atom stereocenters. The normalized spacial score (nSPS) is 12.0. The van der Waals surface area contributed by atoms with Crippen LogP contribution in [0.1, 0.15) is 24.9 Å². The number of amides is 2. The molecule has 2 amide bonds. The molecular weight excluding hydrogens is 275 g/mol. The van der Waals surface area contributed by atoms with Crippen LogP contribution in [-0.4, -0.2) is 24.3 Å². The van der Waals surface area contributed by atoms with Gasteiger partial charge in [0.15, 0.2) is 0 Å². The van der Waals surface area contributed by atoms with E-state index in [0.717, 1.165) is 5.56 Å². The van der Waals surface area contributed by atoms with Crippen molar-refractivity contribution in [3.63, 3.8) is 0 Å². The van der Waals surface area contributed by atoms with E-state index in [1.807, 2.05) is 13.0 Å². The van der Waals surface area contributed by atoms with Crippen LogP contribution in [0, 0.1) is 0 Å². The van der Waals surface area contributed by atoms with Gasteiger partial charge in [-0.2, -0.15) is 0 Å². The standard InChI is InChI=1S/C12H16Cl2N2O2/c1-8(16-12(18)15-5-2-6-17)9-3-4-10(13)11(14)7-9/h3-4,7-8,17H,2,5-6H2,1H3,(H2,15,16,18). The largest absolute Gasteiger partial charge is 0.396 e. The Morgan fingerprint density at radius 1 is 1.39 bits per heavy atom. The first-order valence-electron chi connectivity index (χ1n) is 5.64. The fraction of sp³-hybridized carbons (Fsp3) is 0.417. The molecule has 0 aliphatic carbocycles. The minimum absolute atomic E-state index is 0.0582. The fourth-order valence-corrected chi connectivity index (χ4v) is 1.70. The summed E-state index contributed by atoms with van der Waals surface area (Å²) in [4.78, 5) is 11.5. The number of hydrogen-bond donors (Lipinski definition) is 3. The lowest BCUT2D eigenvalue weighted by molar-refractivity contribution is 0.235. The highest BCUT2D eigenvalue weighted by atomic mass is 35.5. The smallest absolute Gasteiger partial charge is 0.315 e. The number of urea groups is 1. The molecule has 0 fully saturated rings. The molecule has 0 bridgehead atoms. The van der Waals surface area contributed by atoms with Crippen molar-refractivity contribution in [2.45, 2.75) is 19.4 Å². The molecule has 100 valence electrons. The quantitative estimate of drug-likeness (QED) is 0.730. The number of benzene rings is 1. The maximum atomic E-state index is 11.5. The summed E-state index contributed by atoms with van der Waals surface area (Å²) in [5.74, 6) is 0. The zero-order valence-electron chi connectivity index (χ0n) is 10.0. The number of nitrogens with one attached hydrogen (secondary N) is 2. The van der Waals surface area contributed by atoms with Crippen molar-refractivity contribution >= 4 is 29.2 Å². The van der Waals surface area contributed by atoms with Gasteiger partial charge in [-0.1, -0.05) is 29.3 Å². The highest BCUT2D eigenvalue weighted by Gasteiger charge is 2.10. The molecule has 1 aromatic carbocycles. The van der Waals surface area contributed by atoms with E-state index < -0.39 is 0 Å². The van der Waals surface area contributed by atoms with Gasteiger partial charge in [-0.15, -0.1) is 0 Å². The van der Waals surface area contributed by atoms with Crippen molar-refractivity contribution in [2.75, 3.05) is 13.2 Å². The summed E-state index contributed by atoms with van der Waals surface area (Å²) >= 11 is 11.7. The topological polar surface area (TPSA) is 61.4 Å². The van der Waals surface area contributed by atoms with E-state index in [9.17, 15) is 4.79 Å². The van der Waals surface area contributed by atoms with Gasteiger partial charge in [0.2, 0.25) is 0 Å². The molecule has 1 rings (SSSR count). The average molecular weight is 291 g/mol. The monoisotopic (exact) mass is 290 g/mol. The van der Waals surface area contributed by atoms with E-state index in [4.69, 9.17) is 28.3 Å². The summed E-state index contributed by atoms with van der Waals surface area (Å²) < 4.78 is 0. The van der Waals surface area contributed by atoms with E-state index in [0.29, 0.717) is 23.0 Å². The van der Waals surface area contributed by atoms with Gasteiger partial charge >= 0.3 is 6.03 Å². The molecule has 0 aliphatic rings. The van der Waals surface area contributed by atoms with E-state index in [1.54, 1.807) is 12.1 Å². The van der Waals surface area contributed by atoms with E-state index in [1.165, 1.54) is 0 Å². The van der Waals surface area contributed by atoms with E-state index in [2.05, 4.69) is 10.6 Å². The molecule has 0 aliphatic heterocycles. The molecule has 0 saturated heterocycles. The number of hydrogen-bond acceptors (Lipinski definition) is 2. The van der Waals surface area contributed by atoms with Crippen molar-refractivity contribution in [2.24, 2.45) is 0 Å². The number of halogens is 2. The molecule has 0 aromatic heterocycles.